The zero-order valence-electron chi connectivity index (χ0n) is 23.8. The molecule has 0 saturated heterocycles. The van der Waals surface area contributed by atoms with Crippen LogP contribution in [0.5, 0.6) is 11.5 Å². The monoisotopic (exact) mass is 551 g/mol. The van der Waals surface area contributed by atoms with Gasteiger partial charge in [0, 0.05) is 49.6 Å². The zero-order chi connectivity index (χ0) is 28.4. The summed E-state index contributed by atoms with van der Waals surface area (Å²) < 4.78 is 17.9. The lowest BCUT2D eigenvalue weighted by Gasteiger charge is -2.24. The Morgan fingerprint density at radius 3 is 2.66 bits per heavy atom. The summed E-state index contributed by atoms with van der Waals surface area (Å²) in [4.78, 5) is 21.9. The highest BCUT2D eigenvalue weighted by Gasteiger charge is 2.18. The van der Waals surface area contributed by atoms with Crippen LogP contribution in [0.2, 0.25) is 0 Å². The van der Waals surface area contributed by atoms with Crippen LogP contribution in [0.3, 0.4) is 0 Å². The van der Waals surface area contributed by atoms with Gasteiger partial charge in [0.25, 0.3) is 5.91 Å². The van der Waals surface area contributed by atoms with Gasteiger partial charge in [-0.2, -0.15) is 0 Å². The summed E-state index contributed by atoms with van der Waals surface area (Å²) in [5, 5.41) is 0. The van der Waals surface area contributed by atoms with Gasteiger partial charge < -0.3 is 24.0 Å². The van der Waals surface area contributed by atoms with E-state index in [-0.39, 0.29) is 5.91 Å². The Morgan fingerprint density at radius 2 is 1.80 bits per heavy atom. The van der Waals surface area contributed by atoms with Crippen LogP contribution in [0, 0.1) is 0 Å². The number of carbonyl (C=O) groups is 1. The first kappa shape index (κ1) is 28.3. The number of likely N-dealkylation sites (N-methyl/N-ethyl adjacent to an activating group) is 1. The summed E-state index contributed by atoms with van der Waals surface area (Å²) in [5.74, 6) is 1.50. The first-order chi connectivity index (χ1) is 20.0. The maximum absolute atomic E-state index is 13.7. The molecule has 7 heteroatoms. The maximum Gasteiger partial charge on any atom is 0.254 e. The van der Waals surface area contributed by atoms with Crippen molar-refractivity contribution in [3.05, 3.63) is 114 Å². The molecule has 212 valence electrons. The molecule has 0 aliphatic carbocycles. The molecule has 1 aliphatic rings. The third-order valence-corrected chi connectivity index (χ3v) is 6.98. The van der Waals surface area contributed by atoms with Gasteiger partial charge in [0.15, 0.2) is 0 Å². The highest BCUT2D eigenvalue weighted by Crippen LogP contribution is 2.29. The Kier molecular flexibility index (Phi) is 9.62. The van der Waals surface area contributed by atoms with Crippen molar-refractivity contribution >= 4 is 5.91 Å². The SMILES string of the molecule is CN(C)CCOc1cccc(C(=O)N2CCOCCOc3ccc(-c4cccnc4)cc3Cc3cccc(c3)C2)c1. The molecular formula is C34H37N3O4. The van der Waals surface area contributed by atoms with Gasteiger partial charge in [0.2, 0.25) is 0 Å². The molecule has 2 heterocycles. The lowest BCUT2D eigenvalue weighted by atomic mass is 9.98. The van der Waals surface area contributed by atoms with Gasteiger partial charge in [0.1, 0.15) is 24.7 Å². The number of benzene rings is 3. The topological polar surface area (TPSA) is 64.1 Å². The van der Waals surface area contributed by atoms with Crippen LogP contribution in [0.25, 0.3) is 11.1 Å². The molecule has 2 bridgehead atoms. The van der Waals surface area contributed by atoms with Crippen molar-refractivity contribution in [3.8, 4) is 22.6 Å². The van der Waals surface area contributed by atoms with E-state index in [0.717, 1.165) is 40.1 Å². The molecule has 41 heavy (non-hydrogen) atoms. The average Bonchev–Trinajstić information content (AvgIpc) is 2.99. The largest absolute Gasteiger partial charge is 0.492 e. The van der Waals surface area contributed by atoms with Crippen molar-refractivity contribution in [1.29, 1.82) is 0 Å². The number of hydrogen-bond donors (Lipinski definition) is 0. The first-order valence-corrected chi connectivity index (χ1v) is 14.0. The molecule has 5 rings (SSSR count). The number of nitrogens with zero attached hydrogens (tertiary/aromatic N) is 3. The zero-order valence-corrected chi connectivity index (χ0v) is 23.8. The molecule has 1 amide bonds. The van der Waals surface area contributed by atoms with Gasteiger partial charge in [-0.3, -0.25) is 9.78 Å². The van der Waals surface area contributed by atoms with Gasteiger partial charge in [-0.25, -0.2) is 0 Å². The number of aromatic nitrogens is 1. The van der Waals surface area contributed by atoms with Gasteiger partial charge in [-0.1, -0.05) is 42.5 Å². The van der Waals surface area contributed by atoms with Crippen LogP contribution in [0.15, 0.2) is 91.3 Å². The summed E-state index contributed by atoms with van der Waals surface area (Å²) in [6.45, 7) is 3.61. The first-order valence-electron chi connectivity index (χ1n) is 14.0. The van der Waals surface area contributed by atoms with E-state index in [9.17, 15) is 4.79 Å². The van der Waals surface area contributed by atoms with E-state index in [0.29, 0.717) is 57.3 Å². The maximum atomic E-state index is 13.7. The molecular weight excluding hydrogens is 514 g/mol. The number of carbonyl (C=O) groups excluding carboxylic acids is 1. The molecule has 7 nitrogen and oxygen atoms in total. The van der Waals surface area contributed by atoms with Crippen molar-refractivity contribution in [2.24, 2.45) is 0 Å². The number of rotatable bonds is 6. The standard InChI is InChI=1S/C34H37N3O4/c1-36(2)14-17-40-32-10-4-8-29(23-32)34(38)37-15-16-39-18-19-41-33-12-11-28(30-9-5-13-35-24-30)22-31(33)21-26-6-3-7-27(20-26)25-37/h3-13,20,22-24H,14-19,21,25H2,1-2H3. The van der Waals surface area contributed by atoms with Crippen molar-refractivity contribution in [2.75, 3.05) is 53.6 Å². The minimum atomic E-state index is -0.0492. The fraction of sp³-hybridized carbons (Fsp3) is 0.294. The molecule has 0 atom stereocenters. The Bertz CT molecular complexity index is 1440. The van der Waals surface area contributed by atoms with Gasteiger partial charge in [0.05, 0.1) is 13.2 Å². The minimum absolute atomic E-state index is 0.0492. The molecule has 4 aromatic rings. The third kappa shape index (κ3) is 7.93. The fourth-order valence-electron chi connectivity index (χ4n) is 4.84. The number of fused-ring (bicyclic) bond motifs is 3. The van der Waals surface area contributed by atoms with Crippen LogP contribution in [-0.2, 0) is 17.7 Å². The normalized spacial score (nSPS) is 14.1. The fourth-order valence-corrected chi connectivity index (χ4v) is 4.84. The number of amides is 1. The molecule has 1 aromatic heterocycles. The van der Waals surface area contributed by atoms with E-state index < -0.39 is 0 Å². The highest BCUT2D eigenvalue weighted by atomic mass is 16.5. The molecule has 1 aliphatic heterocycles. The van der Waals surface area contributed by atoms with E-state index in [1.165, 1.54) is 0 Å². The Hall–Kier alpha value is -4.20. The summed E-state index contributed by atoms with van der Waals surface area (Å²) >= 11 is 0. The second kappa shape index (κ2) is 13.9. The van der Waals surface area contributed by atoms with Crippen molar-refractivity contribution in [1.82, 2.24) is 14.8 Å². The summed E-state index contributed by atoms with van der Waals surface area (Å²) in [5.41, 5.74) is 6.08. The quantitative estimate of drug-likeness (QED) is 0.323. The van der Waals surface area contributed by atoms with Crippen LogP contribution in [0.4, 0.5) is 0 Å². The van der Waals surface area contributed by atoms with Crippen molar-refractivity contribution in [3.63, 3.8) is 0 Å². The Balaban J connectivity index is 1.38. The van der Waals surface area contributed by atoms with Crippen molar-refractivity contribution in [2.45, 2.75) is 13.0 Å². The molecule has 0 spiro atoms. The van der Waals surface area contributed by atoms with E-state index in [4.69, 9.17) is 14.2 Å². The molecule has 0 N–H and O–H groups in total. The minimum Gasteiger partial charge on any atom is -0.492 e. The lowest BCUT2D eigenvalue weighted by Crippen LogP contribution is -2.34. The molecule has 0 fully saturated rings. The van der Waals surface area contributed by atoms with Gasteiger partial charge >= 0.3 is 0 Å². The predicted octanol–water partition coefficient (Wildman–Crippen LogP) is 5.33. The van der Waals surface area contributed by atoms with Crippen LogP contribution < -0.4 is 9.47 Å². The van der Waals surface area contributed by atoms with Gasteiger partial charge in [-0.05, 0) is 72.7 Å². The number of hydrogen-bond acceptors (Lipinski definition) is 6. The third-order valence-electron chi connectivity index (χ3n) is 6.98. The van der Waals surface area contributed by atoms with Crippen LogP contribution >= 0.6 is 0 Å². The average molecular weight is 552 g/mol. The highest BCUT2D eigenvalue weighted by molar-refractivity contribution is 5.94. The summed E-state index contributed by atoms with van der Waals surface area (Å²) in [6, 6.07) is 26.1. The number of pyridine rings is 1. The number of ether oxygens (including phenoxy) is 3. The van der Waals surface area contributed by atoms with E-state index in [1.54, 1.807) is 6.20 Å². The Morgan fingerprint density at radius 1 is 0.927 bits per heavy atom. The Labute approximate surface area is 242 Å². The van der Waals surface area contributed by atoms with E-state index in [2.05, 4.69) is 52.3 Å². The summed E-state index contributed by atoms with van der Waals surface area (Å²) in [6.07, 6.45) is 4.36. The predicted molar refractivity (Wildman–Crippen MR) is 160 cm³/mol. The van der Waals surface area contributed by atoms with E-state index in [1.807, 2.05) is 61.6 Å². The molecule has 0 saturated carbocycles. The van der Waals surface area contributed by atoms with Crippen LogP contribution in [0.1, 0.15) is 27.0 Å². The van der Waals surface area contributed by atoms with Crippen molar-refractivity contribution < 1.29 is 19.0 Å². The second-order valence-electron chi connectivity index (χ2n) is 10.4. The lowest BCUT2D eigenvalue weighted by molar-refractivity contribution is 0.0571. The van der Waals surface area contributed by atoms with Gasteiger partial charge in [-0.15, -0.1) is 0 Å². The van der Waals surface area contributed by atoms with Crippen LogP contribution in [-0.4, -0.2) is 74.3 Å². The molecule has 0 radical (unpaired) electrons. The smallest absolute Gasteiger partial charge is 0.254 e. The summed E-state index contributed by atoms with van der Waals surface area (Å²) in [7, 11) is 4.01. The van der Waals surface area contributed by atoms with E-state index >= 15 is 0 Å². The molecule has 3 aromatic carbocycles. The second-order valence-corrected chi connectivity index (χ2v) is 10.4. The molecule has 0 unspecified atom stereocenters.